The Morgan fingerprint density at radius 1 is 1.26 bits per heavy atom. The molecule has 0 atom stereocenters. The topological polar surface area (TPSA) is 102 Å². The number of phenols is 1. The Hall–Kier alpha value is -3.26. The number of phenolic OH excluding ortho intramolecular Hbond substituents is 1. The Kier molecular flexibility index (Phi) is 5.46. The average molecular weight is 383 g/mol. The number of anilines is 1. The molecule has 1 aliphatic rings. The minimum absolute atomic E-state index is 0.151. The lowest BCUT2D eigenvalue weighted by Crippen LogP contribution is -2.29. The Morgan fingerprint density at radius 2 is 1.96 bits per heavy atom. The number of carboxylic acid groups (broad SMARTS) is 1. The number of carboxylic acids is 1. The summed E-state index contributed by atoms with van der Waals surface area (Å²) in [6, 6.07) is 13.3. The van der Waals surface area contributed by atoms with Crippen molar-refractivity contribution < 1.29 is 24.5 Å². The fourth-order valence-electron chi connectivity index (χ4n) is 2.34. The van der Waals surface area contributed by atoms with E-state index in [2.05, 4.69) is 4.99 Å². The van der Waals surface area contributed by atoms with Crippen LogP contribution in [0.15, 0.2) is 58.4 Å². The molecule has 0 saturated heterocycles. The van der Waals surface area contributed by atoms with E-state index in [0.717, 1.165) is 5.69 Å². The molecule has 8 heteroatoms. The zero-order chi connectivity index (χ0) is 19.4. The van der Waals surface area contributed by atoms with Crippen molar-refractivity contribution >= 4 is 40.6 Å². The number of amidine groups is 1. The van der Waals surface area contributed by atoms with Gasteiger partial charge < -0.3 is 24.6 Å². The number of amides is 1. The van der Waals surface area contributed by atoms with Crippen molar-refractivity contribution in [3.05, 3.63) is 59.0 Å². The molecule has 0 spiro atoms. The molecule has 2 aromatic carbocycles. The number of ether oxygens (including phenoxy) is 1. The number of carbonyl (C=O) groups excluding carboxylic acids is 2. The smallest absolute Gasteiger partial charge is 0.286 e. The number of benzene rings is 2. The van der Waals surface area contributed by atoms with Gasteiger partial charge in [-0.3, -0.25) is 4.79 Å². The molecule has 3 rings (SSSR count). The Balaban J connectivity index is 1.79. The monoisotopic (exact) mass is 383 g/mol. The van der Waals surface area contributed by atoms with Gasteiger partial charge in [0.05, 0.1) is 10.9 Å². The minimum Gasteiger partial charge on any atom is -0.546 e. The Labute approximate surface area is 159 Å². The molecule has 1 N–H and O–H groups in total. The summed E-state index contributed by atoms with van der Waals surface area (Å²) < 4.78 is 5.20. The number of nitrogens with zero attached hydrogens (tertiary/aromatic N) is 2. The molecule has 0 aromatic heterocycles. The van der Waals surface area contributed by atoms with Crippen molar-refractivity contribution in [2.45, 2.75) is 0 Å². The lowest BCUT2D eigenvalue weighted by atomic mass is 10.2. The van der Waals surface area contributed by atoms with Crippen LogP contribution in [0.5, 0.6) is 11.5 Å². The maximum absolute atomic E-state index is 12.3. The van der Waals surface area contributed by atoms with E-state index in [9.17, 15) is 19.8 Å². The van der Waals surface area contributed by atoms with Crippen molar-refractivity contribution in [3.8, 4) is 11.5 Å². The molecule has 0 bridgehead atoms. The highest BCUT2D eigenvalue weighted by Gasteiger charge is 2.25. The van der Waals surface area contributed by atoms with Crippen molar-refractivity contribution in [1.29, 1.82) is 0 Å². The van der Waals surface area contributed by atoms with Crippen LogP contribution in [0, 0.1) is 0 Å². The van der Waals surface area contributed by atoms with E-state index in [-0.39, 0.29) is 5.75 Å². The van der Waals surface area contributed by atoms with Crippen LogP contribution in [0.1, 0.15) is 5.56 Å². The van der Waals surface area contributed by atoms with Crippen molar-refractivity contribution in [1.82, 2.24) is 0 Å². The standard InChI is InChI=1S/C19H16N2O5S/c1-21(13-6-8-14(22)9-7-13)19-20-18(25)16(27-19)10-12-4-2-3-5-15(12)26-11-17(23)24/h2-10,22H,11H2,1H3,(H,23,24)/p-1/b16-10-. The van der Waals surface area contributed by atoms with E-state index >= 15 is 0 Å². The van der Waals surface area contributed by atoms with Gasteiger partial charge in [0.2, 0.25) is 0 Å². The lowest BCUT2D eigenvalue weighted by Gasteiger charge is -2.17. The van der Waals surface area contributed by atoms with E-state index in [1.807, 2.05) is 0 Å². The van der Waals surface area contributed by atoms with Gasteiger partial charge >= 0.3 is 0 Å². The number of aromatic hydroxyl groups is 1. The quantitative estimate of drug-likeness (QED) is 0.783. The molecular weight excluding hydrogens is 368 g/mol. The maximum atomic E-state index is 12.3. The maximum Gasteiger partial charge on any atom is 0.286 e. The molecule has 1 amide bonds. The Bertz CT molecular complexity index is 937. The predicted molar refractivity (Wildman–Crippen MR) is 101 cm³/mol. The van der Waals surface area contributed by atoms with Crippen molar-refractivity contribution in [2.24, 2.45) is 4.99 Å². The van der Waals surface area contributed by atoms with Gasteiger partial charge in [0.25, 0.3) is 5.91 Å². The zero-order valence-corrected chi connectivity index (χ0v) is 15.1. The highest BCUT2D eigenvalue weighted by atomic mass is 32.2. The lowest BCUT2D eigenvalue weighted by molar-refractivity contribution is -0.307. The molecule has 0 radical (unpaired) electrons. The highest BCUT2D eigenvalue weighted by Crippen LogP contribution is 2.33. The van der Waals surface area contributed by atoms with E-state index < -0.39 is 18.5 Å². The van der Waals surface area contributed by atoms with Crippen molar-refractivity contribution in [3.63, 3.8) is 0 Å². The largest absolute Gasteiger partial charge is 0.546 e. The number of aliphatic carboxylic acids is 1. The van der Waals surface area contributed by atoms with Crippen LogP contribution in [-0.4, -0.2) is 35.8 Å². The molecule has 0 fully saturated rings. The summed E-state index contributed by atoms with van der Waals surface area (Å²) in [6.07, 6.45) is 1.61. The summed E-state index contributed by atoms with van der Waals surface area (Å²) >= 11 is 1.19. The molecule has 0 aliphatic carbocycles. The fourth-order valence-corrected chi connectivity index (χ4v) is 3.22. The van der Waals surface area contributed by atoms with Crippen LogP contribution in [0.25, 0.3) is 6.08 Å². The third kappa shape index (κ3) is 4.48. The number of rotatable bonds is 5. The first-order valence-electron chi connectivity index (χ1n) is 7.91. The number of thioether (sulfide) groups is 1. The third-order valence-electron chi connectivity index (χ3n) is 3.68. The normalized spacial score (nSPS) is 14.9. The molecule has 1 aliphatic heterocycles. The zero-order valence-electron chi connectivity index (χ0n) is 14.3. The molecule has 1 heterocycles. The second kappa shape index (κ2) is 7.96. The van der Waals surface area contributed by atoms with Crippen LogP contribution in [0.3, 0.4) is 0 Å². The first-order chi connectivity index (χ1) is 12.9. The minimum atomic E-state index is -1.33. The molecular formula is C19H15N2O5S-. The van der Waals surface area contributed by atoms with E-state index in [1.165, 1.54) is 11.8 Å². The second-order valence-electron chi connectivity index (χ2n) is 5.58. The fraction of sp³-hybridized carbons (Fsp3) is 0.105. The van der Waals surface area contributed by atoms with Gasteiger partial charge in [-0.15, -0.1) is 0 Å². The third-order valence-corrected chi connectivity index (χ3v) is 4.74. The van der Waals surface area contributed by atoms with Gasteiger partial charge in [-0.2, -0.15) is 4.99 Å². The summed E-state index contributed by atoms with van der Waals surface area (Å²) in [5.41, 5.74) is 1.34. The first kappa shape index (κ1) is 18.5. The van der Waals surface area contributed by atoms with E-state index in [1.54, 1.807) is 66.6 Å². The first-order valence-corrected chi connectivity index (χ1v) is 8.72. The van der Waals surface area contributed by atoms with Crippen LogP contribution in [-0.2, 0) is 9.59 Å². The summed E-state index contributed by atoms with van der Waals surface area (Å²) in [5, 5.41) is 20.5. The van der Waals surface area contributed by atoms with E-state index in [4.69, 9.17) is 4.74 Å². The molecule has 0 saturated carbocycles. The molecule has 7 nitrogen and oxygen atoms in total. The summed E-state index contributed by atoms with van der Waals surface area (Å²) in [4.78, 5) is 29.1. The average Bonchev–Trinajstić information content (AvgIpc) is 3.01. The van der Waals surface area contributed by atoms with Gasteiger partial charge in [0, 0.05) is 18.3 Å². The highest BCUT2D eigenvalue weighted by molar-refractivity contribution is 8.18. The van der Waals surface area contributed by atoms with Gasteiger partial charge in [0.1, 0.15) is 18.1 Å². The molecule has 27 heavy (non-hydrogen) atoms. The molecule has 138 valence electrons. The van der Waals surface area contributed by atoms with Gasteiger partial charge in [0.15, 0.2) is 5.17 Å². The van der Waals surface area contributed by atoms with Crippen LogP contribution in [0.2, 0.25) is 0 Å². The molecule has 0 unspecified atom stereocenters. The number of carbonyl (C=O) groups is 2. The van der Waals surface area contributed by atoms with Crippen molar-refractivity contribution in [2.75, 3.05) is 18.6 Å². The predicted octanol–water partition coefficient (Wildman–Crippen LogP) is 1.63. The second-order valence-corrected chi connectivity index (χ2v) is 6.59. The van der Waals surface area contributed by atoms with Gasteiger partial charge in [-0.25, -0.2) is 0 Å². The SMILES string of the molecule is CN(C1=NC(=O)/C(=C/c2ccccc2OCC(=O)[O-])S1)c1ccc(O)cc1. The van der Waals surface area contributed by atoms with Gasteiger partial charge in [-0.05, 0) is 48.2 Å². The summed E-state index contributed by atoms with van der Waals surface area (Å²) in [5.74, 6) is -1.24. The van der Waals surface area contributed by atoms with Crippen LogP contribution in [0.4, 0.5) is 5.69 Å². The number of hydrogen-bond acceptors (Lipinski definition) is 7. The molecule has 2 aromatic rings. The van der Waals surface area contributed by atoms with Crippen LogP contribution >= 0.6 is 11.8 Å². The van der Waals surface area contributed by atoms with E-state index in [0.29, 0.717) is 21.4 Å². The van der Waals surface area contributed by atoms with Crippen LogP contribution < -0.4 is 14.7 Å². The van der Waals surface area contributed by atoms with Gasteiger partial charge in [-0.1, -0.05) is 18.2 Å². The number of hydrogen-bond donors (Lipinski definition) is 1. The summed E-state index contributed by atoms with van der Waals surface area (Å²) in [6.45, 7) is -0.577. The Morgan fingerprint density at radius 3 is 2.67 bits per heavy atom. The summed E-state index contributed by atoms with van der Waals surface area (Å²) in [7, 11) is 1.77. The number of aliphatic imine (C=N–C) groups is 1. The number of para-hydroxylation sites is 1.